The molecule has 0 aromatic heterocycles. The van der Waals surface area contributed by atoms with Crippen LogP contribution in [0.2, 0.25) is 0 Å². The summed E-state index contributed by atoms with van der Waals surface area (Å²) in [4.78, 5) is 22.7. The van der Waals surface area contributed by atoms with Gasteiger partial charge in [-0.15, -0.1) is 0 Å². The Kier molecular flexibility index (Phi) is 8.49. The highest BCUT2D eigenvalue weighted by Crippen LogP contribution is 2.29. The Hall–Kier alpha value is -1.07. The molecule has 0 radical (unpaired) electrons. The number of aliphatic hydroxyl groups is 1. The van der Waals surface area contributed by atoms with E-state index in [1.807, 2.05) is 5.32 Å². The number of amides is 3. The zero-order chi connectivity index (χ0) is 16.5. The van der Waals surface area contributed by atoms with E-state index in [2.05, 4.69) is 6.58 Å². The van der Waals surface area contributed by atoms with Crippen molar-refractivity contribution in [2.75, 3.05) is 0 Å². The average Bonchev–Trinajstić information content (AvgIpc) is 2.44. The average molecular weight is 331 g/mol. The summed E-state index contributed by atoms with van der Waals surface area (Å²) in [7, 11) is 0. The molecule has 126 valence electrons. The maximum atomic E-state index is 11.9. The van der Waals surface area contributed by atoms with Crippen molar-refractivity contribution in [1.29, 1.82) is 0 Å². The van der Waals surface area contributed by atoms with Gasteiger partial charge in [0.2, 0.25) is 5.91 Å². The van der Waals surface area contributed by atoms with E-state index in [9.17, 15) is 14.7 Å². The van der Waals surface area contributed by atoms with Gasteiger partial charge in [0, 0.05) is 11.0 Å². The number of carbonyl (C=O) groups is 2. The van der Waals surface area contributed by atoms with Crippen molar-refractivity contribution in [3.05, 3.63) is 11.6 Å². The number of urea groups is 1. The van der Waals surface area contributed by atoms with Crippen LogP contribution in [0.1, 0.15) is 57.8 Å². The molecule has 6 heteroatoms. The van der Waals surface area contributed by atoms with Crippen molar-refractivity contribution < 1.29 is 14.7 Å². The van der Waals surface area contributed by atoms with Crippen LogP contribution in [0.4, 0.5) is 4.79 Å². The van der Waals surface area contributed by atoms with Crippen LogP contribution in [0, 0.1) is 11.8 Å². The highest BCUT2D eigenvalue weighted by Gasteiger charge is 2.24. The number of aliphatic hydroxyl groups excluding tert-OH is 1. The largest absolute Gasteiger partial charge is 0.393 e. The molecule has 0 spiro atoms. The molecule has 0 unspecified atom stereocenters. The number of imide groups is 1. The number of carbonyl (C=O) groups excluding carboxylic acids is 2. The fourth-order valence-corrected chi connectivity index (χ4v) is 3.31. The molecule has 3 amide bonds. The Labute approximate surface area is 137 Å². The van der Waals surface area contributed by atoms with Crippen molar-refractivity contribution in [3.63, 3.8) is 0 Å². The first-order valence-corrected chi connectivity index (χ1v) is 8.38. The fourth-order valence-electron chi connectivity index (χ4n) is 3.12. The lowest BCUT2D eigenvalue weighted by Gasteiger charge is -2.24. The minimum atomic E-state index is -0.896. The number of primary amides is 1. The first-order chi connectivity index (χ1) is 10.4. The van der Waals surface area contributed by atoms with E-state index in [4.69, 9.17) is 17.3 Å². The topological polar surface area (TPSA) is 92.4 Å². The van der Waals surface area contributed by atoms with Gasteiger partial charge in [-0.1, -0.05) is 50.3 Å². The van der Waals surface area contributed by atoms with Gasteiger partial charge in [0.15, 0.2) is 0 Å². The smallest absolute Gasteiger partial charge is 0.318 e. The molecule has 0 aromatic rings. The SMILES string of the molecule is C=C(Cl)C[C@H](C[C@@H](O)CCC1CCCCC1)C(=O)NC(N)=O. The molecule has 1 aliphatic carbocycles. The fraction of sp³-hybridized carbons (Fsp3) is 0.750. The van der Waals surface area contributed by atoms with Crippen LogP contribution >= 0.6 is 11.6 Å². The molecule has 4 N–H and O–H groups in total. The van der Waals surface area contributed by atoms with Crippen LogP contribution in [0.15, 0.2) is 11.6 Å². The van der Waals surface area contributed by atoms with Crippen LogP contribution in [-0.4, -0.2) is 23.1 Å². The lowest BCUT2D eigenvalue weighted by atomic mass is 9.84. The Bertz CT molecular complexity index is 395. The standard InChI is InChI=1S/C16H27ClN2O3/c1-11(17)9-13(15(21)19-16(18)22)10-14(20)8-7-12-5-3-2-4-6-12/h12-14,20H,1-10H2,(H3,18,19,21,22)/t13-,14+/m1/s1. The number of rotatable bonds is 8. The van der Waals surface area contributed by atoms with E-state index in [1.165, 1.54) is 32.1 Å². The number of nitrogens with two attached hydrogens (primary N) is 1. The molecule has 2 atom stereocenters. The van der Waals surface area contributed by atoms with Gasteiger partial charge in [0.25, 0.3) is 0 Å². The monoisotopic (exact) mass is 330 g/mol. The maximum absolute atomic E-state index is 11.9. The second-order valence-corrected chi connectivity index (χ2v) is 6.78. The van der Waals surface area contributed by atoms with Gasteiger partial charge in [0.1, 0.15) is 0 Å². The molecule has 1 rings (SSSR count). The predicted octanol–water partition coefficient (Wildman–Crippen LogP) is 3.05. The molecule has 0 aliphatic heterocycles. The highest BCUT2D eigenvalue weighted by atomic mass is 35.5. The summed E-state index contributed by atoms with van der Waals surface area (Å²) in [5.74, 6) is -0.408. The zero-order valence-corrected chi connectivity index (χ0v) is 13.8. The molecule has 0 aromatic carbocycles. The van der Waals surface area contributed by atoms with Crippen LogP contribution in [-0.2, 0) is 4.79 Å². The Morgan fingerprint density at radius 3 is 2.50 bits per heavy atom. The second kappa shape index (κ2) is 9.85. The minimum absolute atomic E-state index is 0.223. The second-order valence-electron chi connectivity index (χ2n) is 6.24. The molecular weight excluding hydrogens is 304 g/mol. The summed E-state index contributed by atoms with van der Waals surface area (Å²) in [6.45, 7) is 3.57. The minimum Gasteiger partial charge on any atom is -0.393 e. The van der Waals surface area contributed by atoms with Crippen LogP contribution in [0.5, 0.6) is 0 Å². The van der Waals surface area contributed by atoms with Crippen LogP contribution < -0.4 is 11.1 Å². The molecule has 0 bridgehead atoms. The van der Waals surface area contributed by atoms with Crippen molar-refractivity contribution in [2.45, 2.75) is 63.9 Å². The van der Waals surface area contributed by atoms with Gasteiger partial charge in [-0.2, -0.15) is 0 Å². The third kappa shape index (κ3) is 7.80. The van der Waals surface area contributed by atoms with Gasteiger partial charge in [0.05, 0.1) is 6.10 Å². The van der Waals surface area contributed by atoms with E-state index in [1.54, 1.807) is 0 Å². The molecule has 1 saturated carbocycles. The lowest BCUT2D eigenvalue weighted by Crippen LogP contribution is -2.40. The first kappa shape index (κ1) is 19.0. The molecule has 1 aliphatic rings. The number of hydrogen-bond donors (Lipinski definition) is 3. The predicted molar refractivity (Wildman–Crippen MR) is 87.3 cm³/mol. The number of nitrogens with one attached hydrogen (secondary N) is 1. The summed E-state index contributed by atoms with van der Waals surface area (Å²) >= 11 is 5.76. The molecular formula is C16H27ClN2O3. The third-order valence-corrected chi connectivity index (χ3v) is 4.43. The quantitative estimate of drug-likeness (QED) is 0.638. The van der Waals surface area contributed by atoms with E-state index in [-0.39, 0.29) is 12.8 Å². The summed E-state index contributed by atoms with van der Waals surface area (Å²) in [6.07, 6.45) is 7.87. The van der Waals surface area contributed by atoms with Gasteiger partial charge >= 0.3 is 6.03 Å². The number of halogens is 1. The van der Waals surface area contributed by atoms with Gasteiger partial charge in [-0.25, -0.2) is 4.79 Å². The van der Waals surface area contributed by atoms with E-state index in [0.29, 0.717) is 17.4 Å². The third-order valence-electron chi connectivity index (χ3n) is 4.27. The summed E-state index contributed by atoms with van der Waals surface area (Å²) < 4.78 is 0. The van der Waals surface area contributed by atoms with E-state index < -0.39 is 24.0 Å². The highest BCUT2D eigenvalue weighted by molar-refractivity contribution is 6.29. The first-order valence-electron chi connectivity index (χ1n) is 8.00. The van der Waals surface area contributed by atoms with E-state index in [0.717, 1.165) is 6.42 Å². The Morgan fingerprint density at radius 2 is 1.95 bits per heavy atom. The zero-order valence-electron chi connectivity index (χ0n) is 13.0. The van der Waals surface area contributed by atoms with Crippen molar-refractivity contribution in [1.82, 2.24) is 5.32 Å². The van der Waals surface area contributed by atoms with Crippen molar-refractivity contribution in [3.8, 4) is 0 Å². The molecule has 5 nitrogen and oxygen atoms in total. The van der Waals surface area contributed by atoms with Gasteiger partial charge < -0.3 is 10.8 Å². The van der Waals surface area contributed by atoms with Crippen molar-refractivity contribution in [2.24, 2.45) is 17.6 Å². The van der Waals surface area contributed by atoms with Crippen molar-refractivity contribution >= 4 is 23.5 Å². The van der Waals surface area contributed by atoms with Gasteiger partial charge in [-0.3, -0.25) is 10.1 Å². The Balaban J connectivity index is 2.43. The molecule has 0 saturated heterocycles. The Morgan fingerprint density at radius 1 is 1.32 bits per heavy atom. The van der Waals surface area contributed by atoms with Crippen LogP contribution in [0.25, 0.3) is 0 Å². The molecule has 22 heavy (non-hydrogen) atoms. The molecule has 1 fully saturated rings. The van der Waals surface area contributed by atoms with Crippen LogP contribution in [0.3, 0.4) is 0 Å². The number of hydrogen-bond acceptors (Lipinski definition) is 3. The molecule has 0 heterocycles. The summed E-state index contributed by atoms with van der Waals surface area (Å²) in [6, 6.07) is -0.896. The lowest BCUT2D eigenvalue weighted by molar-refractivity contribution is -0.124. The number of allylic oxidation sites excluding steroid dienone is 1. The maximum Gasteiger partial charge on any atom is 0.318 e. The van der Waals surface area contributed by atoms with Gasteiger partial charge in [-0.05, 0) is 31.6 Å². The summed E-state index contributed by atoms with van der Waals surface area (Å²) in [5, 5.41) is 12.5. The normalized spacial score (nSPS) is 18.5. The van der Waals surface area contributed by atoms with E-state index >= 15 is 0 Å². The summed E-state index contributed by atoms with van der Waals surface area (Å²) in [5.41, 5.74) is 4.96.